The van der Waals surface area contributed by atoms with E-state index >= 15 is 0 Å². The fourth-order valence-corrected chi connectivity index (χ4v) is 11.3. The van der Waals surface area contributed by atoms with Gasteiger partial charge in [-0.15, -0.1) is 0 Å². The van der Waals surface area contributed by atoms with Gasteiger partial charge in [-0.25, -0.2) is 0 Å². The van der Waals surface area contributed by atoms with E-state index in [1.165, 1.54) is 0 Å². The van der Waals surface area contributed by atoms with Crippen molar-refractivity contribution in [2.75, 3.05) is 19.6 Å². The van der Waals surface area contributed by atoms with Gasteiger partial charge >= 0.3 is 0 Å². The van der Waals surface area contributed by atoms with Crippen molar-refractivity contribution in [1.29, 1.82) is 5.26 Å². The van der Waals surface area contributed by atoms with E-state index in [0.29, 0.717) is 77.2 Å². The molecule has 3 aromatic carbocycles. The molecule has 3 aromatic rings. The molecule has 304 valence electrons. The van der Waals surface area contributed by atoms with Gasteiger partial charge in [0.25, 0.3) is 23.6 Å². The SMILES string of the molecule is CC1(C)[C@H](Oc2ccc(C#N)c(Cl)c2)C(C)(C)[C@H]1N1Cc2cc(C(=O)N3CCC(CN4Cc5cc6c(cc5C4)C(=O)N(C4CCC(=O)NC4=O)C6=O)CC3)ccc2C1=O. The van der Waals surface area contributed by atoms with E-state index in [1.54, 1.807) is 42.5 Å². The Balaban J connectivity index is 0.794. The van der Waals surface area contributed by atoms with Gasteiger partial charge < -0.3 is 14.5 Å². The second-order valence-electron chi connectivity index (χ2n) is 18.1. The normalized spacial score (nSPS) is 24.7. The van der Waals surface area contributed by atoms with Crippen molar-refractivity contribution in [3.8, 4) is 11.8 Å². The third-order valence-corrected chi connectivity index (χ3v) is 13.9. The fraction of sp³-hybridized carbons (Fsp3) is 0.444. The monoisotopic (exact) mass is 816 g/mol. The minimum absolute atomic E-state index is 0.0419. The van der Waals surface area contributed by atoms with Crippen molar-refractivity contribution in [2.24, 2.45) is 16.7 Å². The molecule has 1 N–H and O–H groups in total. The molecular weight excluding hydrogens is 772 g/mol. The first-order valence-electron chi connectivity index (χ1n) is 20.3. The molecule has 9 rings (SSSR count). The number of fused-ring (bicyclic) bond motifs is 3. The van der Waals surface area contributed by atoms with Gasteiger partial charge in [0.1, 0.15) is 24.0 Å². The number of imide groups is 2. The highest BCUT2D eigenvalue weighted by Crippen LogP contribution is 2.59. The van der Waals surface area contributed by atoms with Gasteiger partial charge in [-0.1, -0.05) is 39.3 Å². The quantitative estimate of drug-likeness (QED) is 0.312. The first-order valence-corrected chi connectivity index (χ1v) is 20.6. The van der Waals surface area contributed by atoms with Crippen LogP contribution in [0.5, 0.6) is 5.75 Å². The van der Waals surface area contributed by atoms with Crippen LogP contribution in [0, 0.1) is 28.1 Å². The van der Waals surface area contributed by atoms with Gasteiger partial charge in [-0.2, -0.15) is 5.26 Å². The molecule has 6 aliphatic rings. The van der Waals surface area contributed by atoms with Gasteiger partial charge in [-0.05, 0) is 84.3 Å². The molecule has 13 nitrogen and oxygen atoms in total. The molecule has 0 aromatic heterocycles. The molecule has 0 spiro atoms. The van der Waals surface area contributed by atoms with Crippen LogP contribution in [0.25, 0.3) is 0 Å². The number of rotatable bonds is 7. The molecule has 1 atom stereocenters. The molecule has 59 heavy (non-hydrogen) atoms. The zero-order chi connectivity index (χ0) is 41.7. The zero-order valence-corrected chi connectivity index (χ0v) is 34.2. The predicted octanol–water partition coefficient (Wildman–Crippen LogP) is 5.32. The lowest BCUT2D eigenvalue weighted by Gasteiger charge is -2.65. The van der Waals surface area contributed by atoms with Crippen LogP contribution in [0.15, 0.2) is 48.5 Å². The number of nitrogens with zero attached hydrogens (tertiary/aromatic N) is 5. The van der Waals surface area contributed by atoms with Crippen LogP contribution >= 0.6 is 11.6 Å². The number of hydrogen-bond donors (Lipinski definition) is 1. The standard InChI is InChI=1S/C45H45ClN6O7/c1-44(2)42(45(3,4)43(44)59-30-7-5-26(19-47)34(46)18-30)51-23-29-15-25(6-8-31(29)39(51)56)38(55)50-13-11-24(12-14-50)20-49-21-27-16-32-33(17-28(27)22-49)41(58)52(40(32)57)35-9-10-36(53)48-37(35)54/h5-8,15-18,24,35,42-43H,9-14,20-23H2,1-4H3,(H,48,53,54)/t35?,42-,43-. The number of carbonyl (C=O) groups excluding carboxylic acids is 6. The third-order valence-electron chi connectivity index (χ3n) is 13.5. The fourth-order valence-electron chi connectivity index (χ4n) is 11.1. The summed E-state index contributed by atoms with van der Waals surface area (Å²) in [7, 11) is 0. The number of likely N-dealkylation sites (tertiary alicyclic amines) is 1. The number of amides is 6. The second kappa shape index (κ2) is 14.0. The molecule has 1 aliphatic carbocycles. The smallest absolute Gasteiger partial charge is 0.262 e. The molecule has 5 aliphatic heterocycles. The number of hydrogen-bond acceptors (Lipinski definition) is 9. The number of benzene rings is 3. The van der Waals surface area contributed by atoms with Crippen LogP contribution < -0.4 is 10.1 Å². The van der Waals surface area contributed by atoms with Crippen LogP contribution in [0.4, 0.5) is 0 Å². The van der Waals surface area contributed by atoms with Crippen LogP contribution in [-0.4, -0.2) is 92.9 Å². The van der Waals surface area contributed by atoms with E-state index in [-0.39, 0.29) is 36.8 Å². The lowest BCUT2D eigenvalue weighted by atomic mass is 9.49. The number of piperidine rings is 2. The molecule has 0 bridgehead atoms. The lowest BCUT2D eigenvalue weighted by Crippen LogP contribution is -2.74. The minimum Gasteiger partial charge on any atom is -0.489 e. The highest BCUT2D eigenvalue weighted by Gasteiger charge is 2.67. The molecule has 5 heterocycles. The molecule has 2 saturated heterocycles. The summed E-state index contributed by atoms with van der Waals surface area (Å²) < 4.78 is 6.46. The van der Waals surface area contributed by atoms with Crippen LogP contribution in [0.3, 0.4) is 0 Å². The molecule has 6 amide bonds. The molecule has 0 radical (unpaired) electrons. The van der Waals surface area contributed by atoms with Gasteiger partial charge in [0.05, 0.1) is 21.7 Å². The maximum atomic E-state index is 13.9. The summed E-state index contributed by atoms with van der Waals surface area (Å²) in [5, 5.41) is 11.8. The maximum absolute atomic E-state index is 13.9. The minimum atomic E-state index is -0.988. The maximum Gasteiger partial charge on any atom is 0.262 e. The van der Waals surface area contributed by atoms with Crippen LogP contribution in [-0.2, 0) is 29.2 Å². The van der Waals surface area contributed by atoms with Crippen LogP contribution in [0.2, 0.25) is 5.02 Å². The Morgan fingerprint density at radius 2 is 1.49 bits per heavy atom. The molecule has 1 unspecified atom stereocenters. The molecular formula is C45H45ClN6O7. The largest absolute Gasteiger partial charge is 0.489 e. The third kappa shape index (κ3) is 6.30. The zero-order valence-electron chi connectivity index (χ0n) is 33.5. The van der Waals surface area contributed by atoms with Gasteiger partial charge in [0, 0.05) is 79.8 Å². The highest BCUT2D eigenvalue weighted by atomic mass is 35.5. The Labute approximate surface area is 347 Å². The number of nitriles is 1. The van der Waals surface area contributed by atoms with Crippen molar-refractivity contribution in [1.82, 2.24) is 24.9 Å². The Hall–Kier alpha value is -5.58. The van der Waals surface area contributed by atoms with Gasteiger partial charge in [0.15, 0.2) is 0 Å². The Bertz CT molecular complexity index is 2370. The van der Waals surface area contributed by atoms with E-state index in [1.807, 2.05) is 15.9 Å². The van der Waals surface area contributed by atoms with Crippen molar-refractivity contribution in [2.45, 2.75) is 91.2 Å². The Kier molecular flexibility index (Phi) is 9.25. The van der Waals surface area contributed by atoms with Gasteiger partial charge in [0.2, 0.25) is 11.8 Å². The number of halogens is 1. The van der Waals surface area contributed by atoms with Crippen LogP contribution in [0.1, 0.15) is 117 Å². The summed E-state index contributed by atoms with van der Waals surface area (Å²) in [6.45, 7) is 12.2. The first kappa shape index (κ1) is 38.9. The summed E-state index contributed by atoms with van der Waals surface area (Å²) in [4.78, 5) is 85.6. The van der Waals surface area contributed by atoms with E-state index in [9.17, 15) is 34.0 Å². The molecule has 3 fully saturated rings. The van der Waals surface area contributed by atoms with Crippen molar-refractivity contribution >= 4 is 47.0 Å². The Morgan fingerprint density at radius 3 is 2.10 bits per heavy atom. The van der Waals surface area contributed by atoms with E-state index in [0.717, 1.165) is 41.0 Å². The topological polar surface area (TPSA) is 160 Å². The summed E-state index contributed by atoms with van der Waals surface area (Å²) in [5.41, 5.74) is 4.20. The number of carbonyl (C=O) groups is 6. The summed E-state index contributed by atoms with van der Waals surface area (Å²) in [6, 6.07) is 15.0. The number of nitrogens with one attached hydrogen (secondary N) is 1. The second-order valence-corrected chi connectivity index (χ2v) is 18.5. The van der Waals surface area contributed by atoms with Crippen molar-refractivity contribution < 1.29 is 33.5 Å². The lowest BCUT2D eigenvalue weighted by molar-refractivity contribution is -0.199. The van der Waals surface area contributed by atoms with Crippen molar-refractivity contribution in [3.63, 3.8) is 0 Å². The average Bonchev–Trinajstić information content (AvgIpc) is 3.82. The predicted molar refractivity (Wildman–Crippen MR) is 214 cm³/mol. The molecule has 1 saturated carbocycles. The summed E-state index contributed by atoms with van der Waals surface area (Å²) in [5.74, 6) is -1.16. The average molecular weight is 817 g/mol. The highest BCUT2D eigenvalue weighted by molar-refractivity contribution is 6.31. The molecule has 14 heteroatoms. The van der Waals surface area contributed by atoms with E-state index in [4.69, 9.17) is 16.3 Å². The number of ether oxygens (including phenoxy) is 1. The summed E-state index contributed by atoms with van der Waals surface area (Å²) >= 11 is 6.29. The Morgan fingerprint density at radius 1 is 0.831 bits per heavy atom. The van der Waals surface area contributed by atoms with E-state index in [2.05, 4.69) is 44.0 Å². The first-order chi connectivity index (χ1) is 28.1. The van der Waals surface area contributed by atoms with Crippen molar-refractivity contribution in [3.05, 3.63) is 98.1 Å². The summed E-state index contributed by atoms with van der Waals surface area (Å²) in [6.07, 6.45) is 1.66. The van der Waals surface area contributed by atoms with Gasteiger partial charge in [-0.3, -0.25) is 43.9 Å². The van der Waals surface area contributed by atoms with E-state index < -0.39 is 40.5 Å².